The predicted molar refractivity (Wildman–Crippen MR) is 174 cm³/mol. The van der Waals surface area contributed by atoms with E-state index in [0.717, 1.165) is 74.2 Å². The molecule has 0 aliphatic heterocycles. The molecule has 0 radical (unpaired) electrons. The van der Waals surface area contributed by atoms with Crippen molar-refractivity contribution >= 4 is 34.8 Å². The molecule has 1 aliphatic rings. The Labute approximate surface area is 286 Å². The number of hydrogen-bond acceptors (Lipinski definition) is 4. The van der Waals surface area contributed by atoms with Crippen molar-refractivity contribution in [1.82, 2.24) is 10.6 Å². The first-order valence-electron chi connectivity index (χ1n) is 15.4. The summed E-state index contributed by atoms with van der Waals surface area (Å²) in [5.41, 5.74) is 2.83. The number of Topliss-reactive ketones (excluding diaryl/α,β-unsaturated/α-hetero) is 2. The molecular formula is C34H48Cl4N4O2. The van der Waals surface area contributed by atoms with Gasteiger partial charge in [0.1, 0.15) is 34.5 Å². The second-order valence-corrected chi connectivity index (χ2v) is 12.0. The summed E-state index contributed by atoms with van der Waals surface area (Å²) < 4.78 is 1.89. The molecule has 0 saturated carbocycles. The van der Waals surface area contributed by atoms with Crippen LogP contribution in [-0.4, -0.2) is 72.9 Å². The SMILES string of the molecule is CC[N+](CC)(CCCNC1=C(Cl)C(=O)C(NCCC[N+](CC)(CC)Cc2ccccc2)=C(Cl)C1=O)Cc1ccccc1.[Cl-].[Cl-]. The zero-order chi connectivity index (χ0) is 30.6. The number of ketones is 2. The van der Waals surface area contributed by atoms with Crippen molar-refractivity contribution < 1.29 is 43.4 Å². The normalized spacial score (nSPS) is 13.9. The van der Waals surface area contributed by atoms with Gasteiger partial charge in [-0.3, -0.25) is 9.59 Å². The van der Waals surface area contributed by atoms with Gasteiger partial charge in [0.25, 0.3) is 0 Å². The lowest BCUT2D eigenvalue weighted by Gasteiger charge is -2.37. The summed E-state index contributed by atoms with van der Waals surface area (Å²) in [6, 6.07) is 21.1. The van der Waals surface area contributed by atoms with Crippen LogP contribution in [0.15, 0.2) is 82.1 Å². The van der Waals surface area contributed by atoms with Crippen LogP contribution in [0, 0.1) is 0 Å². The highest BCUT2D eigenvalue weighted by molar-refractivity contribution is 6.55. The van der Waals surface area contributed by atoms with Gasteiger partial charge < -0.3 is 44.4 Å². The number of carbonyl (C=O) groups is 2. The predicted octanol–water partition coefficient (Wildman–Crippen LogP) is 0.120. The smallest absolute Gasteiger partial charge is 0.224 e. The molecule has 1 aliphatic carbocycles. The van der Waals surface area contributed by atoms with Gasteiger partial charge in [0, 0.05) is 37.1 Å². The third-order valence-corrected chi connectivity index (χ3v) is 9.64. The molecule has 0 spiro atoms. The number of rotatable bonds is 18. The van der Waals surface area contributed by atoms with E-state index in [2.05, 4.69) is 86.9 Å². The molecule has 0 atom stereocenters. The molecule has 3 rings (SSSR count). The lowest BCUT2D eigenvalue weighted by molar-refractivity contribution is -0.937. The lowest BCUT2D eigenvalue weighted by atomic mass is 10.0. The second-order valence-electron chi connectivity index (χ2n) is 11.3. The Morgan fingerprint density at radius 2 is 0.886 bits per heavy atom. The van der Waals surface area contributed by atoms with E-state index in [4.69, 9.17) is 23.2 Å². The largest absolute Gasteiger partial charge is 1.00 e. The standard InChI is InChI=1S/C34H46Cl2N4O2.2ClH/c1-5-39(6-2,25-27-17-11-9-12-18-27)23-15-21-37-31-29(35)34(42)32(30(36)33(31)41)38-22-16-24-40(7-3,8-4)26-28-19-13-10-14-20-28;;/h9-14,17-20H,5-8,15-16,21-26H2,1-4H3;2*1H. The van der Waals surface area contributed by atoms with E-state index in [1.807, 2.05) is 12.1 Å². The van der Waals surface area contributed by atoms with Crippen LogP contribution >= 0.6 is 23.2 Å². The van der Waals surface area contributed by atoms with Crippen LogP contribution < -0.4 is 35.4 Å². The van der Waals surface area contributed by atoms with Gasteiger partial charge in [-0.1, -0.05) is 83.9 Å². The Balaban J connectivity index is 0.00000484. The average Bonchev–Trinajstić information content (AvgIpc) is 3.03. The molecule has 0 fully saturated rings. The van der Waals surface area contributed by atoms with Crippen LogP contribution in [0.25, 0.3) is 0 Å². The van der Waals surface area contributed by atoms with Gasteiger partial charge in [-0.05, 0) is 27.7 Å². The summed E-state index contributed by atoms with van der Waals surface area (Å²) in [6.45, 7) is 17.8. The highest BCUT2D eigenvalue weighted by atomic mass is 35.5. The molecule has 10 heteroatoms. The number of nitrogens with one attached hydrogen (secondary N) is 2. The molecule has 0 heterocycles. The zero-order valence-electron chi connectivity index (χ0n) is 26.5. The number of nitrogens with zero attached hydrogens (tertiary/aromatic N) is 2. The summed E-state index contributed by atoms with van der Waals surface area (Å²) in [6.07, 6.45) is 1.65. The molecule has 44 heavy (non-hydrogen) atoms. The van der Waals surface area contributed by atoms with E-state index in [9.17, 15) is 9.59 Å². The van der Waals surface area contributed by atoms with Crippen molar-refractivity contribution in [2.24, 2.45) is 0 Å². The fraction of sp³-hybridized carbons (Fsp3) is 0.471. The van der Waals surface area contributed by atoms with Crippen LogP contribution in [0.3, 0.4) is 0 Å². The van der Waals surface area contributed by atoms with Crippen molar-refractivity contribution in [3.63, 3.8) is 0 Å². The van der Waals surface area contributed by atoms with Crippen molar-refractivity contribution in [2.75, 3.05) is 52.4 Å². The monoisotopic (exact) mass is 684 g/mol. The number of halogens is 4. The number of quaternary nitrogens is 2. The third kappa shape index (κ3) is 10.5. The van der Waals surface area contributed by atoms with Crippen LogP contribution in [0.5, 0.6) is 0 Å². The first-order chi connectivity index (χ1) is 20.2. The van der Waals surface area contributed by atoms with Gasteiger partial charge in [-0.25, -0.2) is 0 Å². The summed E-state index contributed by atoms with van der Waals surface area (Å²) in [5, 5.41) is 6.07. The van der Waals surface area contributed by atoms with Crippen molar-refractivity contribution in [3.8, 4) is 0 Å². The number of allylic oxidation sites excluding steroid dienone is 2. The minimum absolute atomic E-state index is 0. The van der Waals surface area contributed by atoms with E-state index in [-0.39, 0.29) is 46.3 Å². The average molecular weight is 687 g/mol. The number of carbonyl (C=O) groups excluding carboxylic acids is 2. The highest BCUT2D eigenvalue weighted by Gasteiger charge is 2.34. The summed E-state index contributed by atoms with van der Waals surface area (Å²) in [7, 11) is 0. The first-order valence-corrected chi connectivity index (χ1v) is 16.1. The van der Waals surface area contributed by atoms with Crippen molar-refractivity contribution in [2.45, 2.75) is 53.6 Å². The number of hydrogen-bond donors (Lipinski definition) is 2. The molecule has 0 unspecified atom stereocenters. The lowest BCUT2D eigenvalue weighted by Crippen LogP contribution is -3.00. The van der Waals surface area contributed by atoms with E-state index >= 15 is 0 Å². The minimum atomic E-state index is -0.434. The quantitative estimate of drug-likeness (QED) is 0.133. The Bertz CT molecular complexity index is 1150. The van der Waals surface area contributed by atoms with Crippen LogP contribution in [0.2, 0.25) is 0 Å². The molecule has 0 aromatic heterocycles. The maximum absolute atomic E-state index is 13.1. The molecule has 2 aromatic carbocycles. The molecule has 2 N–H and O–H groups in total. The van der Waals surface area contributed by atoms with Gasteiger partial charge in [0.15, 0.2) is 0 Å². The molecular weight excluding hydrogens is 638 g/mol. The summed E-state index contributed by atoms with van der Waals surface area (Å²) in [4.78, 5) is 26.3. The van der Waals surface area contributed by atoms with Gasteiger partial charge in [-0.15, -0.1) is 0 Å². The summed E-state index contributed by atoms with van der Waals surface area (Å²) >= 11 is 12.9. The van der Waals surface area contributed by atoms with Gasteiger partial charge in [0.2, 0.25) is 11.6 Å². The molecule has 0 saturated heterocycles. The maximum atomic E-state index is 13.1. The maximum Gasteiger partial charge on any atom is 0.224 e. The first kappa shape index (κ1) is 40.0. The zero-order valence-corrected chi connectivity index (χ0v) is 29.5. The topological polar surface area (TPSA) is 58.2 Å². The van der Waals surface area contributed by atoms with E-state index in [1.54, 1.807) is 0 Å². The van der Waals surface area contributed by atoms with Gasteiger partial charge in [-0.2, -0.15) is 0 Å². The Morgan fingerprint density at radius 3 is 1.18 bits per heavy atom. The van der Waals surface area contributed by atoms with Gasteiger partial charge in [0.05, 0.1) is 39.3 Å². The third-order valence-electron chi connectivity index (χ3n) is 8.92. The van der Waals surface area contributed by atoms with Crippen LogP contribution in [0.4, 0.5) is 0 Å². The fourth-order valence-corrected chi connectivity index (χ4v) is 6.34. The summed E-state index contributed by atoms with van der Waals surface area (Å²) in [5.74, 6) is -0.868. The Hall–Kier alpha value is -2.06. The molecule has 0 amide bonds. The fourth-order valence-electron chi connectivity index (χ4n) is 5.84. The van der Waals surface area contributed by atoms with E-state index < -0.39 is 11.6 Å². The van der Waals surface area contributed by atoms with E-state index in [0.29, 0.717) is 13.1 Å². The molecule has 6 nitrogen and oxygen atoms in total. The molecule has 0 bridgehead atoms. The van der Waals surface area contributed by atoms with Gasteiger partial charge >= 0.3 is 0 Å². The van der Waals surface area contributed by atoms with Crippen molar-refractivity contribution in [3.05, 3.63) is 93.2 Å². The van der Waals surface area contributed by atoms with Crippen molar-refractivity contribution in [1.29, 1.82) is 0 Å². The van der Waals surface area contributed by atoms with E-state index in [1.165, 1.54) is 11.1 Å². The second kappa shape index (κ2) is 19.5. The molecule has 2 aromatic rings. The van der Waals surface area contributed by atoms with Crippen LogP contribution in [0.1, 0.15) is 51.7 Å². The minimum Gasteiger partial charge on any atom is -1.00 e. The Morgan fingerprint density at radius 1 is 0.568 bits per heavy atom. The van der Waals surface area contributed by atoms with Crippen LogP contribution in [-0.2, 0) is 22.7 Å². The Kier molecular flexibility index (Phi) is 17.7. The molecule has 244 valence electrons. The highest BCUT2D eigenvalue weighted by Crippen LogP contribution is 2.27. The number of benzene rings is 2.